The number of alkyl carbamates (subject to hydrolysis) is 1. The maximum atomic E-state index is 11.5. The topological polar surface area (TPSA) is 64.4 Å². The standard InChI is InChI=1S/C14H18N2O3/c1-14(2,3)19-13(17)15-7-6-10-4-5-12-11(8-10)16-9-18-12/h4-5,8-9H,6-7H2,1-3H3,(H,15,17). The Labute approximate surface area is 112 Å². The van der Waals surface area contributed by atoms with Gasteiger partial charge in [0.25, 0.3) is 0 Å². The average molecular weight is 262 g/mol. The summed E-state index contributed by atoms with van der Waals surface area (Å²) in [6, 6.07) is 5.80. The van der Waals surface area contributed by atoms with Gasteiger partial charge in [-0.25, -0.2) is 9.78 Å². The summed E-state index contributed by atoms with van der Waals surface area (Å²) in [4.78, 5) is 15.6. The van der Waals surface area contributed by atoms with Crippen LogP contribution in [0.15, 0.2) is 29.0 Å². The van der Waals surface area contributed by atoms with E-state index in [2.05, 4.69) is 10.3 Å². The average Bonchev–Trinajstić information content (AvgIpc) is 2.73. The molecule has 0 atom stereocenters. The molecular weight excluding hydrogens is 244 g/mol. The molecule has 1 heterocycles. The van der Waals surface area contributed by atoms with E-state index in [1.165, 1.54) is 6.39 Å². The number of fused-ring (bicyclic) bond motifs is 1. The Balaban J connectivity index is 1.83. The third-order valence-corrected chi connectivity index (χ3v) is 2.48. The molecule has 0 radical (unpaired) electrons. The number of benzene rings is 1. The molecule has 0 aliphatic carbocycles. The van der Waals surface area contributed by atoms with Gasteiger partial charge in [-0.15, -0.1) is 0 Å². The second kappa shape index (κ2) is 5.30. The van der Waals surface area contributed by atoms with E-state index >= 15 is 0 Å². The molecule has 5 heteroatoms. The number of ether oxygens (including phenoxy) is 1. The predicted molar refractivity (Wildman–Crippen MR) is 71.9 cm³/mol. The smallest absolute Gasteiger partial charge is 0.407 e. The predicted octanol–water partition coefficient (Wildman–Crippen LogP) is 2.90. The molecule has 0 spiro atoms. The van der Waals surface area contributed by atoms with Crippen molar-refractivity contribution in [3.63, 3.8) is 0 Å². The van der Waals surface area contributed by atoms with Crippen LogP contribution in [0.3, 0.4) is 0 Å². The number of carbonyl (C=O) groups is 1. The van der Waals surface area contributed by atoms with Crippen LogP contribution in [-0.2, 0) is 11.2 Å². The number of aromatic nitrogens is 1. The minimum absolute atomic E-state index is 0.394. The molecule has 19 heavy (non-hydrogen) atoms. The molecule has 0 aliphatic heterocycles. The molecule has 1 aromatic heterocycles. The molecule has 2 rings (SSSR count). The molecule has 5 nitrogen and oxygen atoms in total. The summed E-state index contributed by atoms with van der Waals surface area (Å²) in [5.41, 5.74) is 2.22. The number of rotatable bonds is 3. The summed E-state index contributed by atoms with van der Waals surface area (Å²) in [6.07, 6.45) is 1.75. The lowest BCUT2D eigenvalue weighted by molar-refractivity contribution is 0.0528. The van der Waals surface area contributed by atoms with Gasteiger partial charge in [0.1, 0.15) is 11.1 Å². The zero-order valence-corrected chi connectivity index (χ0v) is 11.4. The SMILES string of the molecule is CC(C)(C)OC(=O)NCCc1ccc2ocnc2c1. The highest BCUT2D eigenvalue weighted by atomic mass is 16.6. The Morgan fingerprint density at radius 1 is 1.42 bits per heavy atom. The lowest BCUT2D eigenvalue weighted by Gasteiger charge is -2.19. The first-order chi connectivity index (χ1) is 8.94. The van der Waals surface area contributed by atoms with E-state index in [-0.39, 0.29) is 0 Å². The Hall–Kier alpha value is -2.04. The first-order valence-corrected chi connectivity index (χ1v) is 6.23. The van der Waals surface area contributed by atoms with E-state index in [9.17, 15) is 4.79 Å². The Bertz CT molecular complexity index is 569. The fourth-order valence-electron chi connectivity index (χ4n) is 1.68. The number of oxazole rings is 1. The van der Waals surface area contributed by atoms with Crippen LogP contribution in [0.2, 0.25) is 0 Å². The van der Waals surface area contributed by atoms with Gasteiger partial charge in [0, 0.05) is 6.54 Å². The van der Waals surface area contributed by atoms with Crippen molar-refractivity contribution in [2.45, 2.75) is 32.8 Å². The lowest BCUT2D eigenvalue weighted by atomic mass is 10.1. The van der Waals surface area contributed by atoms with Crippen LogP contribution in [0.4, 0.5) is 4.79 Å². The Morgan fingerprint density at radius 2 is 2.21 bits per heavy atom. The van der Waals surface area contributed by atoms with Gasteiger partial charge in [-0.1, -0.05) is 6.07 Å². The van der Waals surface area contributed by atoms with E-state index < -0.39 is 11.7 Å². The molecule has 0 saturated carbocycles. The van der Waals surface area contributed by atoms with Crippen molar-refractivity contribution < 1.29 is 13.9 Å². The van der Waals surface area contributed by atoms with Gasteiger partial charge >= 0.3 is 6.09 Å². The number of nitrogens with zero attached hydrogens (tertiary/aromatic N) is 1. The van der Waals surface area contributed by atoms with Crippen molar-refractivity contribution in [1.82, 2.24) is 10.3 Å². The summed E-state index contributed by atoms with van der Waals surface area (Å²) in [5.74, 6) is 0. The molecular formula is C14H18N2O3. The van der Waals surface area contributed by atoms with Crippen molar-refractivity contribution in [3.05, 3.63) is 30.2 Å². The monoisotopic (exact) mass is 262 g/mol. The van der Waals surface area contributed by atoms with Crippen molar-refractivity contribution >= 4 is 17.2 Å². The first kappa shape index (κ1) is 13.4. The van der Waals surface area contributed by atoms with Gasteiger partial charge in [-0.3, -0.25) is 0 Å². The van der Waals surface area contributed by atoms with E-state index in [0.717, 1.165) is 23.1 Å². The van der Waals surface area contributed by atoms with Crippen LogP contribution < -0.4 is 5.32 Å². The van der Waals surface area contributed by atoms with Crippen LogP contribution >= 0.6 is 0 Å². The largest absolute Gasteiger partial charge is 0.444 e. The van der Waals surface area contributed by atoms with Crippen molar-refractivity contribution in [1.29, 1.82) is 0 Å². The van der Waals surface area contributed by atoms with Crippen molar-refractivity contribution in [3.8, 4) is 0 Å². The molecule has 0 aliphatic rings. The summed E-state index contributed by atoms with van der Waals surface area (Å²) in [7, 11) is 0. The van der Waals surface area contributed by atoms with Crippen LogP contribution in [0.1, 0.15) is 26.3 Å². The van der Waals surface area contributed by atoms with Gasteiger partial charge in [-0.2, -0.15) is 0 Å². The number of hydrogen-bond donors (Lipinski definition) is 1. The second-order valence-electron chi connectivity index (χ2n) is 5.33. The summed E-state index contributed by atoms with van der Waals surface area (Å²) >= 11 is 0. The molecule has 1 N–H and O–H groups in total. The molecule has 102 valence electrons. The number of nitrogens with one attached hydrogen (secondary N) is 1. The summed E-state index contributed by atoms with van der Waals surface area (Å²) in [6.45, 7) is 6.04. The minimum atomic E-state index is -0.469. The van der Waals surface area contributed by atoms with Crippen molar-refractivity contribution in [2.24, 2.45) is 0 Å². The zero-order valence-electron chi connectivity index (χ0n) is 11.4. The number of amides is 1. The van der Waals surface area contributed by atoms with Crippen molar-refractivity contribution in [2.75, 3.05) is 6.54 Å². The number of carbonyl (C=O) groups excluding carboxylic acids is 1. The molecule has 0 fully saturated rings. The lowest BCUT2D eigenvalue weighted by Crippen LogP contribution is -2.33. The second-order valence-corrected chi connectivity index (χ2v) is 5.33. The van der Waals surface area contributed by atoms with Gasteiger partial charge in [0.05, 0.1) is 0 Å². The minimum Gasteiger partial charge on any atom is -0.444 e. The van der Waals surface area contributed by atoms with Gasteiger partial charge in [0.15, 0.2) is 12.0 Å². The quantitative estimate of drug-likeness (QED) is 0.923. The zero-order chi connectivity index (χ0) is 13.9. The molecule has 0 unspecified atom stereocenters. The van der Waals surface area contributed by atoms with Gasteiger partial charge in [-0.05, 0) is 44.9 Å². The maximum Gasteiger partial charge on any atom is 0.407 e. The maximum absolute atomic E-state index is 11.5. The third kappa shape index (κ3) is 3.98. The van der Waals surface area contributed by atoms with Crippen LogP contribution in [0.25, 0.3) is 11.1 Å². The van der Waals surface area contributed by atoms with Crippen LogP contribution in [-0.4, -0.2) is 23.2 Å². The fraction of sp³-hybridized carbons (Fsp3) is 0.429. The van der Waals surface area contributed by atoms with E-state index in [1.807, 2.05) is 39.0 Å². The third-order valence-electron chi connectivity index (χ3n) is 2.48. The highest BCUT2D eigenvalue weighted by Gasteiger charge is 2.15. The number of hydrogen-bond acceptors (Lipinski definition) is 4. The van der Waals surface area contributed by atoms with Gasteiger partial charge < -0.3 is 14.5 Å². The summed E-state index contributed by atoms with van der Waals surface area (Å²) < 4.78 is 10.3. The van der Waals surface area contributed by atoms with E-state index in [1.54, 1.807) is 0 Å². The van der Waals surface area contributed by atoms with Crippen LogP contribution in [0.5, 0.6) is 0 Å². The molecule has 2 aromatic rings. The van der Waals surface area contributed by atoms with Gasteiger partial charge in [0.2, 0.25) is 0 Å². The summed E-state index contributed by atoms with van der Waals surface area (Å²) in [5, 5.41) is 2.72. The molecule has 1 aromatic carbocycles. The molecule has 0 bridgehead atoms. The Morgan fingerprint density at radius 3 is 2.95 bits per heavy atom. The van der Waals surface area contributed by atoms with E-state index in [0.29, 0.717) is 6.54 Å². The normalized spacial score (nSPS) is 11.5. The highest BCUT2D eigenvalue weighted by molar-refractivity contribution is 5.72. The van der Waals surface area contributed by atoms with E-state index in [4.69, 9.17) is 9.15 Å². The molecule has 0 saturated heterocycles. The molecule has 1 amide bonds. The Kier molecular flexibility index (Phi) is 3.74. The fourth-order valence-corrected chi connectivity index (χ4v) is 1.68. The highest BCUT2D eigenvalue weighted by Crippen LogP contribution is 2.14. The first-order valence-electron chi connectivity index (χ1n) is 6.23. The van der Waals surface area contributed by atoms with Crippen LogP contribution in [0, 0.1) is 0 Å².